The van der Waals surface area contributed by atoms with Crippen LogP contribution in [0, 0.1) is 5.92 Å². The van der Waals surface area contributed by atoms with Crippen LogP contribution in [0.2, 0.25) is 0 Å². The highest BCUT2D eigenvalue weighted by Gasteiger charge is 2.30. The molecule has 30 heavy (non-hydrogen) atoms. The van der Waals surface area contributed by atoms with Crippen molar-refractivity contribution in [3.8, 4) is 0 Å². The number of rotatable bonds is 4. The molecule has 0 spiro atoms. The standard InChI is InChI=1S/C20H31N5O5/c1-4-30-20(29)24-10-7-15(8-11-24)21-18(27)14-6-5-9-25(13-14)16-12-17(26)23(3)19(28)22(16)2/h12,14-15H,4-11,13H2,1-3H3,(H,21,27)/t14-/m1/s1. The second kappa shape index (κ2) is 9.36. The smallest absolute Gasteiger partial charge is 0.409 e. The SMILES string of the molecule is CCOC(=O)N1CCC(NC(=O)[C@@H]2CCCN(c3cc(=O)n(C)c(=O)n3C)C2)CC1. The number of nitrogens with zero attached hydrogens (tertiary/aromatic N) is 4. The Hall–Kier alpha value is -2.78. The maximum Gasteiger partial charge on any atom is 0.409 e. The number of carbonyl (C=O) groups excluding carboxylic acids is 2. The van der Waals surface area contributed by atoms with Gasteiger partial charge in [0.15, 0.2) is 0 Å². The van der Waals surface area contributed by atoms with Gasteiger partial charge in [-0.25, -0.2) is 9.59 Å². The first-order valence-corrected chi connectivity index (χ1v) is 10.6. The van der Waals surface area contributed by atoms with Crippen LogP contribution in [0.15, 0.2) is 15.7 Å². The number of hydrogen-bond donors (Lipinski definition) is 1. The number of ether oxygens (including phenoxy) is 1. The van der Waals surface area contributed by atoms with Gasteiger partial charge in [-0.15, -0.1) is 0 Å². The fourth-order valence-electron chi connectivity index (χ4n) is 4.16. The van der Waals surface area contributed by atoms with Crippen LogP contribution >= 0.6 is 0 Å². The quantitative estimate of drug-likeness (QED) is 0.736. The van der Waals surface area contributed by atoms with E-state index in [1.54, 1.807) is 18.9 Å². The van der Waals surface area contributed by atoms with E-state index in [0.717, 1.165) is 17.4 Å². The molecule has 1 N–H and O–H groups in total. The molecule has 1 aromatic rings. The second-order valence-corrected chi connectivity index (χ2v) is 8.00. The Labute approximate surface area is 175 Å². The van der Waals surface area contributed by atoms with Gasteiger partial charge in [0.25, 0.3) is 5.56 Å². The van der Waals surface area contributed by atoms with Crippen LogP contribution in [0.3, 0.4) is 0 Å². The second-order valence-electron chi connectivity index (χ2n) is 8.00. The lowest BCUT2D eigenvalue weighted by Gasteiger charge is -2.36. The molecular weight excluding hydrogens is 390 g/mol. The molecule has 2 amide bonds. The van der Waals surface area contributed by atoms with E-state index >= 15 is 0 Å². The molecule has 2 aliphatic heterocycles. The van der Waals surface area contributed by atoms with Crippen molar-refractivity contribution >= 4 is 17.8 Å². The lowest BCUT2D eigenvalue weighted by atomic mass is 9.95. The zero-order valence-electron chi connectivity index (χ0n) is 17.9. The number of aromatic nitrogens is 2. The number of carbonyl (C=O) groups is 2. The van der Waals surface area contributed by atoms with Gasteiger partial charge in [-0.1, -0.05) is 0 Å². The number of amides is 2. The molecule has 0 saturated carbocycles. The van der Waals surface area contributed by atoms with E-state index < -0.39 is 0 Å². The van der Waals surface area contributed by atoms with Gasteiger partial charge in [-0.05, 0) is 32.6 Å². The molecule has 3 rings (SSSR count). The zero-order valence-corrected chi connectivity index (χ0v) is 17.9. The minimum atomic E-state index is -0.377. The molecule has 3 heterocycles. The largest absolute Gasteiger partial charge is 0.450 e. The van der Waals surface area contributed by atoms with Crippen molar-refractivity contribution in [3.05, 3.63) is 26.9 Å². The van der Waals surface area contributed by atoms with Crippen LogP contribution in [-0.2, 0) is 23.6 Å². The maximum atomic E-state index is 12.9. The summed E-state index contributed by atoms with van der Waals surface area (Å²) >= 11 is 0. The zero-order chi connectivity index (χ0) is 21.8. The van der Waals surface area contributed by atoms with Crippen LogP contribution in [0.4, 0.5) is 10.6 Å². The van der Waals surface area contributed by atoms with E-state index in [4.69, 9.17) is 4.74 Å². The van der Waals surface area contributed by atoms with E-state index in [-0.39, 0.29) is 35.2 Å². The van der Waals surface area contributed by atoms with Crippen molar-refractivity contribution in [2.75, 3.05) is 37.7 Å². The molecule has 0 aliphatic carbocycles. The third kappa shape index (κ3) is 4.68. The summed E-state index contributed by atoms with van der Waals surface area (Å²) in [7, 11) is 3.09. The lowest BCUT2D eigenvalue weighted by molar-refractivity contribution is -0.126. The van der Waals surface area contributed by atoms with Crippen molar-refractivity contribution in [1.29, 1.82) is 0 Å². The molecule has 166 valence electrons. The summed E-state index contributed by atoms with van der Waals surface area (Å²) in [5.74, 6) is 0.326. The summed E-state index contributed by atoms with van der Waals surface area (Å²) in [5, 5.41) is 3.12. The Balaban J connectivity index is 1.59. The third-order valence-corrected chi connectivity index (χ3v) is 5.98. The van der Waals surface area contributed by atoms with Crippen molar-refractivity contribution in [1.82, 2.24) is 19.4 Å². The van der Waals surface area contributed by atoms with Gasteiger partial charge in [0, 0.05) is 52.4 Å². The van der Waals surface area contributed by atoms with Crippen molar-refractivity contribution in [2.24, 2.45) is 20.0 Å². The molecule has 0 bridgehead atoms. The first-order chi connectivity index (χ1) is 14.3. The number of nitrogens with one attached hydrogen (secondary N) is 1. The third-order valence-electron chi connectivity index (χ3n) is 5.98. The van der Waals surface area contributed by atoms with E-state index in [9.17, 15) is 19.2 Å². The van der Waals surface area contributed by atoms with Gasteiger partial charge >= 0.3 is 11.8 Å². The van der Waals surface area contributed by atoms with Crippen molar-refractivity contribution < 1.29 is 14.3 Å². The molecule has 2 saturated heterocycles. The fraction of sp³-hybridized carbons (Fsp3) is 0.700. The van der Waals surface area contributed by atoms with Crippen molar-refractivity contribution in [3.63, 3.8) is 0 Å². The molecule has 0 unspecified atom stereocenters. The number of piperidine rings is 2. The molecule has 1 atom stereocenters. The first-order valence-electron chi connectivity index (χ1n) is 10.6. The summed E-state index contributed by atoms with van der Waals surface area (Å²) in [6.45, 7) is 4.43. The molecule has 10 nitrogen and oxygen atoms in total. The topological polar surface area (TPSA) is 106 Å². The monoisotopic (exact) mass is 421 g/mol. The number of hydrogen-bond acceptors (Lipinski definition) is 6. The van der Waals surface area contributed by atoms with Crippen LogP contribution < -0.4 is 21.5 Å². The number of likely N-dealkylation sites (tertiary alicyclic amines) is 1. The molecule has 1 aromatic heterocycles. The van der Waals surface area contributed by atoms with Gasteiger partial charge in [0.05, 0.1) is 12.5 Å². The van der Waals surface area contributed by atoms with Crippen LogP contribution in [0.1, 0.15) is 32.6 Å². The van der Waals surface area contributed by atoms with Gasteiger partial charge in [-0.3, -0.25) is 18.7 Å². The average Bonchev–Trinajstić information content (AvgIpc) is 2.75. The van der Waals surface area contributed by atoms with Gasteiger partial charge in [0.2, 0.25) is 5.91 Å². The molecule has 2 fully saturated rings. The molecule has 0 radical (unpaired) electrons. The predicted molar refractivity (Wildman–Crippen MR) is 112 cm³/mol. The van der Waals surface area contributed by atoms with Gasteiger partial charge < -0.3 is 19.9 Å². The van der Waals surface area contributed by atoms with Crippen molar-refractivity contribution in [2.45, 2.75) is 38.6 Å². The predicted octanol–water partition coefficient (Wildman–Crippen LogP) is 0.0375. The van der Waals surface area contributed by atoms with Crippen LogP contribution in [-0.4, -0.2) is 64.9 Å². The normalized spacial score (nSPS) is 20.2. The molecule has 10 heteroatoms. The maximum absolute atomic E-state index is 12.9. The molecule has 2 aliphatic rings. The van der Waals surface area contributed by atoms with E-state index in [1.807, 2.05) is 4.90 Å². The summed E-state index contributed by atoms with van der Waals surface area (Å²) in [6.07, 6.45) is 2.67. The highest BCUT2D eigenvalue weighted by molar-refractivity contribution is 5.80. The molecule has 0 aromatic carbocycles. The lowest BCUT2D eigenvalue weighted by Crippen LogP contribution is -2.51. The van der Waals surface area contributed by atoms with E-state index in [0.29, 0.717) is 51.4 Å². The molecular formula is C20H31N5O5. The summed E-state index contributed by atoms with van der Waals surface area (Å²) in [4.78, 5) is 52.6. The first kappa shape index (κ1) is 21.9. The number of anilines is 1. The minimum absolute atomic E-state index is 0.0110. The van der Waals surface area contributed by atoms with Crippen LogP contribution in [0.25, 0.3) is 0 Å². The van der Waals surface area contributed by atoms with Crippen LogP contribution in [0.5, 0.6) is 0 Å². The highest BCUT2D eigenvalue weighted by Crippen LogP contribution is 2.22. The van der Waals surface area contributed by atoms with E-state index in [1.165, 1.54) is 17.7 Å². The summed E-state index contributed by atoms with van der Waals surface area (Å²) < 4.78 is 7.55. The highest BCUT2D eigenvalue weighted by atomic mass is 16.6. The van der Waals surface area contributed by atoms with Gasteiger partial charge in [-0.2, -0.15) is 0 Å². The minimum Gasteiger partial charge on any atom is -0.450 e. The Morgan fingerprint density at radius 2 is 1.80 bits per heavy atom. The fourth-order valence-corrected chi connectivity index (χ4v) is 4.16. The Kier molecular flexibility index (Phi) is 6.84. The Bertz CT molecular complexity index is 900. The average molecular weight is 421 g/mol. The Morgan fingerprint density at radius 3 is 2.47 bits per heavy atom. The summed E-state index contributed by atoms with van der Waals surface area (Å²) in [6, 6.07) is 1.49. The Morgan fingerprint density at radius 1 is 1.10 bits per heavy atom. The summed E-state index contributed by atoms with van der Waals surface area (Å²) in [5.41, 5.74) is -0.731. The van der Waals surface area contributed by atoms with E-state index in [2.05, 4.69) is 5.32 Å². The van der Waals surface area contributed by atoms with Gasteiger partial charge in [0.1, 0.15) is 5.82 Å².